The van der Waals surface area contributed by atoms with E-state index in [1.54, 1.807) is 0 Å². The third-order valence-electron chi connectivity index (χ3n) is 9.28. The predicted octanol–water partition coefficient (Wildman–Crippen LogP) is 10.0. The SMILES string of the molecule is Cc1[c-]c(-c2nc(C)c(C)c(C)c2C)c(C)c(C)c1C.Cc1[c-]cc(C)c(C)c1C.Cc1cnc(C)c(C)c1C.[Pd+2]. The van der Waals surface area contributed by atoms with Gasteiger partial charge in [0.2, 0.25) is 0 Å². The summed E-state index contributed by atoms with van der Waals surface area (Å²) in [7, 11) is 0. The van der Waals surface area contributed by atoms with Gasteiger partial charge in [-0.05, 0) is 83.3 Å². The molecule has 0 radical (unpaired) electrons. The predicted molar refractivity (Wildman–Crippen MR) is 174 cm³/mol. The standard InChI is InChI=1S/C19H24N.C10H13.C9H13N.Pd/c1-10-9-18(15(6)12(3)11(10)2)19-16(7)13(4)14(5)17(8)20-19;1-7-5-6-8(2)10(4)9(7)3;1-6-5-10-9(4)8(3)7(6)2;/h1-8H3;2*5H,1-4H3;/q2*-1;;+2. The Kier molecular flexibility index (Phi) is 13.4. The van der Waals surface area contributed by atoms with Crippen molar-refractivity contribution in [1.82, 2.24) is 9.97 Å². The molecule has 0 fully saturated rings. The van der Waals surface area contributed by atoms with Crippen molar-refractivity contribution < 1.29 is 20.4 Å². The molecule has 0 unspecified atom stereocenters. The number of nitrogens with zero attached hydrogens (tertiary/aromatic N) is 2. The molecule has 222 valence electrons. The van der Waals surface area contributed by atoms with Crippen molar-refractivity contribution in [1.29, 1.82) is 0 Å². The summed E-state index contributed by atoms with van der Waals surface area (Å²) in [5.41, 5.74) is 23.0. The van der Waals surface area contributed by atoms with E-state index in [4.69, 9.17) is 4.98 Å². The molecule has 2 heterocycles. The first-order valence-electron chi connectivity index (χ1n) is 14.3. The van der Waals surface area contributed by atoms with E-state index >= 15 is 0 Å². The quantitative estimate of drug-likeness (QED) is 0.153. The van der Waals surface area contributed by atoms with Gasteiger partial charge in [-0.2, -0.15) is 34.4 Å². The summed E-state index contributed by atoms with van der Waals surface area (Å²) in [6.45, 7) is 34.2. The molecule has 4 aromatic rings. The number of benzene rings is 2. The second-order valence-corrected chi connectivity index (χ2v) is 11.5. The van der Waals surface area contributed by atoms with E-state index in [2.05, 4.69) is 127 Å². The Balaban J connectivity index is 0.000000337. The van der Waals surface area contributed by atoms with Gasteiger partial charge in [-0.25, -0.2) is 0 Å². The van der Waals surface area contributed by atoms with E-state index in [9.17, 15) is 0 Å². The van der Waals surface area contributed by atoms with Gasteiger partial charge < -0.3 is 4.98 Å². The second-order valence-electron chi connectivity index (χ2n) is 11.5. The van der Waals surface area contributed by atoms with Gasteiger partial charge >= 0.3 is 20.4 Å². The maximum Gasteiger partial charge on any atom is 2.00 e. The summed E-state index contributed by atoms with van der Waals surface area (Å²) in [6, 6.07) is 8.82. The molecular weight excluding hydrogens is 591 g/mol. The Morgan fingerprint density at radius 2 is 0.951 bits per heavy atom. The van der Waals surface area contributed by atoms with Crippen LogP contribution in [-0.4, -0.2) is 9.97 Å². The van der Waals surface area contributed by atoms with Crippen molar-refractivity contribution >= 4 is 0 Å². The Labute approximate surface area is 265 Å². The van der Waals surface area contributed by atoms with Crippen LogP contribution in [0.3, 0.4) is 0 Å². The molecule has 2 aromatic heterocycles. The van der Waals surface area contributed by atoms with Crippen molar-refractivity contribution in [3.63, 3.8) is 0 Å². The van der Waals surface area contributed by atoms with Crippen LogP contribution in [0.15, 0.2) is 12.3 Å². The smallest absolute Gasteiger partial charge is 0.301 e. The monoisotopic (exact) mass is 640 g/mol. The maximum absolute atomic E-state index is 4.84. The van der Waals surface area contributed by atoms with Gasteiger partial charge in [-0.3, -0.25) is 4.98 Å². The van der Waals surface area contributed by atoms with E-state index < -0.39 is 0 Å². The van der Waals surface area contributed by atoms with Gasteiger partial charge in [0.15, 0.2) is 0 Å². The molecule has 2 nitrogen and oxygen atoms in total. The number of rotatable bonds is 1. The Bertz CT molecular complexity index is 1370. The molecule has 0 atom stereocenters. The normalized spacial score (nSPS) is 10.2. The summed E-state index contributed by atoms with van der Waals surface area (Å²) >= 11 is 0. The zero-order valence-electron chi connectivity index (χ0n) is 28.4. The Morgan fingerprint density at radius 1 is 0.463 bits per heavy atom. The van der Waals surface area contributed by atoms with Crippen LogP contribution in [0, 0.1) is 123 Å². The van der Waals surface area contributed by atoms with Crippen LogP contribution < -0.4 is 0 Å². The number of hydrogen-bond acceptors (Lipinski definition) is 2. The largest absolute Gasteiger partial charge is 2.00 e. The average molecular weight is 641 g/mol. The van der Waals surface area contributed by atoms with E-state index in [1.165, 1.54) is 77.9 Å². The molecule has 0 amide bonds. The van der Waals surface area contributed by atoms with E-state index in [-0.39, 0.29) is 20.4 Å². The second kappa shape index (κ2) is 15.0. The van der Waals surface area contributed by atoms with E-state index in [0.717, 1.165) is 22.6 Å². The molecule has 0 N–H and O–H groups in total. The van der Waals surface area contributed by atoms with Gasteiger partial charge in [0.05, 0.1) is 0 Å². The first-order valence-corrected chi connectivity index (χ1v) is 14.3. The molecular formula is C38H50N2Pd. The number of aromatic nitrogens is 2. The Morgan fingerprint density at radius 3 is 1.49 bits per heavy atom. The minimum atomic E-state index is 0. The topological polar surface area (TPSA) is 25.8 Å². The molecule has 0 saturated carbocycles. The molecule has 41 heavy (non-hydrogen) atoms. The van der Waals surface area contributed by atoms with Crippen LogP contribution in [0.2, 0.25) is 0 Å². The molecule has 0 spiro atoms. The van der Waals surface area contributed by atoms with Gasteiger partial charge in [0, 0.05) is 17.6 Å². The molecule has 3 heteroatoms. The van der Waals surface area contributed by atoms with Crippen molar-refractivity contribution in [2.24, 2.45) is 0 Å². The third kappa shape index (κ3) is 8.25. The van der Waals surface area contributed by atoms with Gasteiger partial charge in [0.25, 0.3) is 0 Å². The number of pyridine rings is 2. The van der Waals surface area contributed by atoms with Crippen LogP contribution in [0.25, 0.3) is 11.3 Å². The van der Waals surface area contributed by atoms with Crippen molar-refractivity contribution in [3.8, 4) is 11.3 Å². The van der Waals surface area contributed by atoms with Gasteiger partial charge in [0.1, 0.15) is 0 Å². The third-order valence-corrected chi connectivity index (χ3v) is 9.28. The first-order chi connectivity index (χ1) is 18.5. The van der Waals surface area contributed by atoms with E-state index in [0.29, 0.717) is 0 Å². The van der Waals surface area contributed by atoms with Crippen LogP contribution in [-0.2, 0) is 20.4 Å². The average Bonchev–Trinajstić information content (AvgIpc) is 2.93. The van der Waals surface area contributed by atoms with Crippen molar-refractivity contribution in [2.75, 3.05) is 0 Å². The summed E-state index contributed by atoms with van der Waals surface area (Å²) in [5, 5.41) is 0. The molecule has 4 rings (SSSR count). The summed E-state index contributed by atoms with van der Waals surface area (Å²) < 4.78 is 0. The molecule has 0 aliphatic rings. The van der Waals surface area contributed by atoms with Crippen LogP contribution in [0.1, 0.15) is 89.3 Å². The fourth-order valence-corrected chi connectivity index (χ4v) is 4.64. The minimum absolute atomic E-state index is 0. The van der Waals surface area contributed by atoms with Crippen LogP contribution in [0.5, 0.6) is 0 Å². The number of aryl methyl sites for hydroxylation is 6. The zero-order chi connectivity index (χ0) is 30.6. The maximum atomic E-state index is 4.84. The summed E-state index contributed by atoms with van der Waals surface area (Å²) in [4.78, 5) is 9.08. The summed E-state index contributed by atoms with van der Waals surface area (Å²) in [6.07, 6.45) is 1.93. The van der Waals surface area contributed by atoms with E-state index in [1.807, 2.05) is 13.1 Å². The van der Waals surface area contributed by atoms with Gasteiger partial charge in [-0.15, -0.1) is 33.9 Å². The molecule has 0 saturated heterocycles. The van der Waals surface area contributed by atoms with Crippen molar-refractivity contribution in [3.05, 3.63) is 114 Å². The van der Waals surface area contributed by atoms with Crippen molar-refractivity contribution in [2.45, 2.75) is 111 Å². The molecule has 0 bridgehead atoms. The molecule has 0 aliphatic heterocycles. The molecule has 0 aliphatic carbocycles. The van der Waals surface area contributed by atoms with Crippen LogP contribution in [0.4, 0.5) is 0 Å². The number of hydrogen-bond donors (Lipinski definition) is 0. The fourth-order valence-electron chi connectivity index (χ4n) is 4.64. The van der Waals surface area contributed by atoms with Crippen LogP contribution >= 0.6 is 0 Å². The Hall–Kier alpha value is -2.60. The molecule has 2 aromatic carbocycles. The fraction of sp³-hybridized carbons (Fsp3) is 0.421. The minimum Gasteiger partial charge on any atom is -0.301 e. The summed E-state index contributed by atoms with van der Waals surface area (Å²) in [5.74, 6) is 0. The zero-order valence-corrected chi connectivity index (χ0v) is 29.9. The first kappa shape index (κ1) is 36.4. The van der Waals surface area contributed by atoms with Gasteiger partial charge in [-0.1, -0.05) is 66.5 Å².